The van der Waals surface area contributed by atoms with Gasteiger partial charge in [0.25, 0.3) is 0 Å². The fraction of sp³-hybridized carbons (Fsp3) is 0.350. The van der Waals surface area contributed by atoms with Crippen LogP contribution in [-0.4, -0.2) is 44.3 Å². The third-order valence-corrected chi connectivity index (χ3v) is 4.28. The molecular formula is C20H23NO4. The van der Waals surface area contributed by atoms with Crippen LogP contribution < -0.4 is 9.47 Å². The molecule has 132 valence electrons. The Morgan fingerprint density at radius 1 is 1.12 bits per heavy atom. The molecule has 1 saturated heterocycles. The number of carbonyl (C=O) groups excluding carboxylic acids is 1. The molecular weight excluding hydrogens is 318 g/mol. The predicted molar refractivity (Wildman–Crippen MR) is 94.8 cm³/mol. The highest BCUT2D eigenvalue weighted by Gasteiger charge is 2.28. The molecule has 1 atom stereocenters. The first-order valence-electron chi connectivity index (χ1n) is 8.47. The zero-order valence-electron chi connectivity index (χ0n) is 14.4. The van der Waals surface area contributed by atoms with Gasteiger partial charge in [0, 0.05) is 6.54 Å². The van der Waals surface area contributed by atoms with E-state index in [1.54, 1.807) is 7.11 Å². The number of carbonyl (C=O) groups is 1. The van der Waals surface area contributed by atoms with Crippen LogP contribution in [0.2, 0.25) is 0 Å². The largest absolute Gasteiger partial charge is 0.493 e. The quantitative estimate of drug-likeness (QED) is 0.810. The van der Waals surface area contributed by atoms with Gasteiger partial charge in [0.05, 0.1) is 39.4 Å². The summed E-state index contributed by atoms with van der Waals surface area (Å²) in [7, 11) is 1.60. The number of para-hydroxylation sites is 2. The molecule has 5 nitrogen and oxygen atoms in total. The summed E-state index contributed by atoms with van der Waals surface area (Å²) in [6.07, 6.45) is 0.321. The summed E-state index contributed by atoms with van der Waals surface area (Å²) < 4.78 is 16.6. The van der Waals surface area contributed by atoms with Crippen molar-refractivity contribution >= 4 is 5.91 Å². The lowest BCUT2D eigenvalue weighted by molar-refractivity contribution is -0.140. The highest BCUT2D eigenvalue weighted by Crippen LogP contribution is 2.27. The SMILES string of the molecule is COc1ccccc1OCCC(=O)N1CCOCC1c1ccccc1. The zero-order chi connectivity index (χ0) is 17.5. The van der Waals surface area contributed by atoms with Crippen molar-refractivity contribution in [1.82, 2.24) is 4.90 Å². The third kappa shape index (κ3) is 4.31. The first kappa shape index (κ1) is 17.3. The number of nitrogens with zero attached hydrogens (tertiary/aromatic N) is 1. The van der Waals surface area contributed by atoms with Crippen molar-refractivity contribution in [1.29, 1.82) is 0 Å². The zero-order valence-corrected chi connectivity index (χ0v) is 14.4. The van der Waals surface area contributed by atoms with Crippen LogP contribution in [0.5, 0.6) is 11.5 Å². The maximum Gasteiger partial charge on any atom is 0.226 e. The van der Waals surface area contributed by atoms with E-state index in [9.17, 15) is 4.79 Å². The topological polar surface area (TPSA) is 48.0 Å². The van der Waals surface area contributed by atoms with Crippen LogP contribution in [0.1, 0.15) is 18.0 Å². The molecule has 1 unspecified atom stereocenters. The van der Waals surface area contributed by atoms with Gasteiger partial charge in [0.1, 0.15) is 0 Å². The molecule has 25 heavy (non-hydrogen) atoms. The number of morpholine rings is 1. The number of hydrogen-bond acceptors (Lipinski definition) is 4. The van der Waals surface area contributed by atoms with Gasteiger partial charge in [-0.05, 0) is 17.7 Å². The van der Waals surface area contributed by atoms with Crippen LogP contribution in [0, 0.1) is 0 Å². The Labute approximate surface area is 148 Å². The fourth-order valence-corrected chi connectivity index (χ4v) is 2.98. The first-order chi connectivity index (χ1) is 12.3. The van der Waals surface area contributed by atoms with E-state index < -0.39 is 0 Å². The second-order valence-corrected chi connectivity index (χ2v) is 5.84. The molecule has 3 rings (SSSR count). The summed E-state index contributed by atoms with van der Waals surface area (Å²) in [5.41, 5.74) is 1.10. The van der Waals surface area contributed by atoms with E-state index in [0.717, 1.165) is 5.56 Å². The van der Waals surface area contributed by atoms with E-state index in [4.69, 9.17) is 14.2 Å². The molecule has 1 aliphatic heterocycles. The lowest BCUT2D eigenvalue weighted by Gasteiger charge is -2.36. The van der Waals surface area contributed by atoms with E-state index in [1.807, 2.05) is 59.5 Å². The molecule has 0 N–H and O–H groups in total. The normalized spacial score (nSPS) is 17.2. The van der Waals surface area contributed by atoms with Crippen molar-refractivity contribution < 1.29 is 19.0 Å². The van der Waals surface area contributed by atoms with Gasteiger partial charge in [-0.1, -0.05) is 42.5 Å². The van der Waals surface area contributed by atoms with E-state index in [-0.39, 0.29) is 11.9 Å². The maximum absolute atomic E-state index is 12.7. The number of ether oxygens (including phenoxy) is 3. The van der Waals surface area contributed by atoms with E-state index in [0.29, 0.717) is 44.3 Å². The lowest BCUT2D eigenvalue weighted by atomic mass is 10.0. The van der Waals surface area contributed by atoms with Gasteiger partial charge in [-0.15, -0.1) is 0 Å². The Hall–Kier alpha value is -2.53. The van der Waals surface area contributed by atoms with Crippen LogP contribution in [0.4, 0.5) is 0 Å². The second-order valence-electron chi connectivity index (χ2n) is 5.84. The molecule has 0 aliphatic carbocycles. The highest BCUT2D eigenvalue weighted by molar-refractivity contribution is 5.77. The Morgan fingerprint density at radius 2 is 1.84 bits per heavy atom. The third-order valence-electron chi connectivity index (χ3n) is 4.28. The summed E-state index contributed by atoms with van der Waals surface area (Å²) in [5, 5.41) is 0. The molecule has 0 saturated carbocycles. The molecule has 1 fully saturated rings. The molecule has 1 heterocycles. The Morgan fingerprint density at radius 3 is 2.60 bits per heavy atom. The van der Waals surface area contributed by atoms with E-state index in [2.05, 4.69) is 0 Å². The van der Waals surface area contributed by atoms with Crippen molar-refractivity contribution in [3.63, 3.8) is 0 Å². The van der Waals surface area contributed by atoms with E-state index >= 15 is 0 Å². The minimum atomic E-state index is -0.0336. The number of benzene rings is 2. The van der Waals surface area contributed by atoms with Crippen LogP contribution >= 0.6 is 0 Å². The number of rotatable bonds is 6. The molecule has 2 aromatic carbocycles. The monoisotopic (exact) mass is 341 g/mol. The van der Waals surface area contributed by atoms with Gasteiger partial charge in [-0.25, -0.2) is 0 Å². The number of amides is 1. The first-order valence-corrected chi connectivity index (χ1v) is 8.47. The molecule has 0 bridgehead atoms. The van der Waals surface area contributed by atoms with Gasteiger partial charge < -0.3 is 19.1 Å². The van der Waals surface area contributed by atoms with Gasteiger partial charge in [0.2, 0.25) is 5.91 Å². The second kappa shape index (κ2) is 8.53. The van der Waals surface area contributed by atoms with Gasteiger partial charge in [-0.2, -0.15) is 0 Å². The average molecular weight is 341 g/mol. The fourth-order valence-electron chi connectivity index (χ4n) is 2.98. The molecule has 1 aliphatic rings. The summed E-state index contributed by atoms with van der Waals surface area (Å²) in [6, 6.07) is 17.4. The standard InChI is InChI=1S/C20H23NO4/c1-23-18-9-5-6-10-19(18)25-13-11-20(22)21-12-14-24-15-17(21)16-7-3-2-4-8-16/h2-10,17H,11-15H2,1H3. The van der Waals surface area contributed by atoms with Crippen molar-refractivity contribution in [2.24, 2.45) is 0 Å². The van der Waals surface area contributed by atoms with Crippen LogP contribution in [-0.2, 0) is 9.53 Å². The van der Waals surface area contributed by atoms with Crippen LogP contribution in [0.25, 0.3) is 0 Å². The summed E-state index contributed by atoms with van der Waals surface area (Å²) in [4.78, 5) is 14.6. The average Bonchev–Trinajstić information content (AvgIpc) is 2.69. The summed E-state index contributed by atoms with van der Waals surface area (Å²) >= 11 is 0. The minimum Gasteiger partial charge on any atom is -0.493 e. The summed E-state index contributed by atoms with van der Waals surface area (Å²) in [5.74, 6) is 1.40. The Kier molecular flexibility index (Phi) is 5.90. The molecule has 0 radical (unpaired) electrons. The van der Waals surface area contributed by atoms with Crippen molar-refractivity contribution in [3.8, 4) is 11.5 Å². The Bertz CT molecular complexity index is 689. The van der Waals surface area contributed by atoms with Crippen molar-refractivity contribution in [2.45, 2.75) is 12.5 Å². The molecule has 1 amide bonds. The molecule has 0 aromatic heterocycles. The van der Waals surface area contributed by atoms with Crippen molar-refractivity contribution in [2.75, 3.05) is 33.5 Å². The predicted octanol–water partition coefficient (Wildman–Crippen LogP) is 3.06. The molecule has 0 spiro atoms. The van der Waals surface area contributed by atoms with Gasteiger partial charge in [0.15, 0.2) is 11.5 Å². The highest BCUT2D eigenvalue weighted by atomic mass is 16.5. The summed E-state index contributed by atoms with van der Waals surface area (Å²) in [6.45, 7) is 2.02. The van der Waals surface area contributed by atoms with Crippen molar-refractivity contribution in [3.05, 3.63) is 60.2 Å². The van der Waals surface area contributed by atoms with E-state index in [1.165, 1.54) is 0 Å². The minimum absolute atomic E-state index is 0.0336. The maximum atomic E-state index is 12.7. The Balaban J connectivity index is 1.59. The number of methoxy groups -OCH3 is 1. The number of hydrogen-bond donors (Lipinski definition) is 0. The van der Waals surface area contributed by atoms with Crippen LogP contribution in [0.15, 0.2) is 54.6 Å². The smallest absolute Gasteiger partial charge is 0.226 e. The van der Waals surface area contributed by atoms with Gasteiger partial charge in [-0.3, -0.25) is 4.79 Å². The van der Waals surface area contributed by atoms with Crippen LogP contribution in [0.3, 0.4) is 0 Å². The lowest BCUT2D eigenvalue weighted by Crippen LogP contribution is -2.43. The van der Waals surface area contributed by atoms with Gasteiger partial charge >= 0.3 is 0 Å². The molecule has 5 heteroatoms. The molecule has 2 aromatic rings.